The first-order valence-corrected chi connectivity index (χ1v) is 5.77. The molecular weight excluding hydrogens is 240 g/mol. The van der Waals surface area contributed by atoms with Crippen LogP contribution in [0.2, 0.25) is 0 Å². The molecular formula is C16H12O3. The standard InChI is InChI=1S/C10H8O.C6H4O2/c11-10-7-3-5-8-4-1-2-6-9(8)10;7-5-1-2-6(8)4-3-5/h1-7,11H;1-4H. The Bertz CT molecular complexity index is 638. The van der Waals surface area contributed by atoms with E-state index in [9.17, 15) is 14.7 Å². The summed E-state index contributed by atoms with van der Waals surface area (Å²) in [6.07, 6.45) is 5.01. The third-order valence-electron chi connectivity index (χ3n) is 2.59. The fourth-order valence-corrected chi connectivity index (χ4v) is 1.65. The van der Waals surface area contributed by atoms with Gasteiger partial charge in [-0.1, -0.05) is 36.4 Å². The fraction of sp³-hybridized carbons (Fsp3) is 0. The lowest BCUT2D eigenvalue weighted by Gasteiger charge is -1.97. The Morgan fingerprint density at radius 2 is 1.21 bits per heavy atom. The van der Waals surface area contributed by atoms with E-state index < -0.39 is 0 Å². The number of carbonyl (C=O) groups is 2. The first kappa shape index (κ1) is 12.8. The largest absolute Gasteiger partial charge is 0.507 e. The number of fused-ring (bicyclic) bond motifs is 1. The van der Waals surface area contributed by atoms with Gasteiger partial charge in [0, 0.05) is 5.39 Å². The lowest BCUT2D eigenvalue weighted by molar-refractivity contribution is -0.113. The molecule has 0 radical (unpaired) electrons. The number of benzene rings is 2. The summed E-state index contributed by atoms with van der Waals surface area (Å²) in [4.78, 5) is 20.6. The average molecular weight is 252 g/mol. The van der Waals surface area contributed by atoms with Crippen LogP contribution in [0.1, 0.15) is 0 Å². The highest BCUT2D eigenvalue weighted by atomic mass is 16.3. The highest BCUT2D eigenvalue weighted by molar-refractivity contribution is 6.14. The van der Waals surface area contributed by atoms with Gasteiger partial charge >= 0.3 is 0 Å². The molecule has 0 heterocycles. The Balaban J connectivity index is 0.000000148. The van der Waals surface area contributed by atoms with E-state index in [0.717, 1.165) is 10.8 Å². The number of carbonyl (C=O) groups excluding carboxylic acids is 2. The second kappa shape index (κ2) is 5.78. The highest BCUT2D eigenvalue weighted by Crippen LogP contribution is 2.22. The van der Waals surface area contributed by atoms with Gasteiger partial charge in [-0.05, 0) is 35.8 Å². The fourth-order valence-electron chi connectivity index (χ4n) is 1.65. The molecule has 1 N–H and O–H groups in total. The highest BCUT2D eigenvalue weighted by Gasteiger charge is 1.98. The maximum atomic E-state index is 10.3. The number of ketones is 2. The van der Waals surface area contributed by atoms with E-state index >= 15 is 0 Å². The molecule has 0 atom stereocenters. The maximum Gasteiger partial charge on any atom is 0.178 e. The molecule has 0 saturated heterocycles. The van der Waals surface area contributed by atoms with Crippen LogP contribution in [0.5, 0.6) is 5.75 Å². The maximum absolute atomic E-state index is 10.3. The quantitative estimate of drug-likeness (QED) is 0.733. The minimum Gasteiger partial charge on any atom is -0.507 e. The summed E-state index contributed by atoms with van der Waals surface area (Å²) >= 11 is 0. The molecule has 1 aliphatic rings. The van der Waals surface area contributed by atoms with Gasteiger partial charge in [0.15, 0.2) is 11.6 Å². The van der Waals surface area contributed by atoms with Gasteiger partial charge in [-0.3, -0.25) is 9.59 Å². The molecule has 2 aromatic carbocycles. The molecule has 0 amide bonds. The van der Waals surface area contributed by atoms with Gasteiger partial charge in [-0.15, -0.1) is 0 Å². The zero-order valence-corrected chi connectivity index (χ0v) is 10.1. The van der Waals surface area contributed by atoms with Crippen molar-refractivity contribution in [3.8, 4) is 5.75 Å². The molecule has 0 unspecified atom stereocenters. The topological polar surface area (TPSA) is 54.4 Å². The van der Waals surface area contributed by atoms with Crippen molar-refractivity contribution < 1.29 is 14.7 Å². The molecule has 0 fully saturated rings. The zero-order chi connectivity index (χ0) is 13.7. The van der Waals surface area contributed by atoms with Crippen LogP contribution >= 0.6 is 0 Å². The van der Waals surface area contributed by atoms with Crippen LogP contribution in [-0.4, -0.2) is 16.7 Å². The molecule has 19 heavy (non-hydrogen) atoms. The van der Waals surface area contributed by atoms with E-state index in [1.807, 2.05) is 36.4 Å². The van der Waals surface area contributed by atoms with Crippen molar-refractivity contribution in [3.05, 3.63) is 66.8 Å². The summed E-state index contributed by atoms with van der Waals surface area (Å²) in [7, 11) is 0. The molecule has 94 valence electrons. The second-order valence-corrected chi connectivity index (χ2v) is 3.97. The van der Waals surface area contributed by atoms with Crippen molar-refractivity contribution in [2.75, 3.05) is 0 Å². The molecule has 0 saturated carbocycles. The number of hydrogen-bond acceptors (Lipinski definition) is 3. The predicted molar refractivity (Wildman–Crippen MR) is 73.9 cm³/mol. The minimum atomic E-state index is -0.121. The predicted octanol–water partition coefficient (Wildman–Crippen LogP) is 2.80. The van der Waals surface area contributed by atoms with Crippen molar-refractivity contribution in [2.45, 2.75) is 0 Å². The Morgan fingerprint density at radius 1 is 0.684 bits per heavy atom. The molecule has 0 spiro atoms. The smallest absolute Gasteiger partial charge is 0.178 e. The Labute approximate surface area is 110 Å². The van der Waals surface area contributed by atoms with Gasteiger partial charge in [0.1, 0.15) is 5.75 Å². The van der Waals surface area contributed by atoms with E-state index in [1.54, 1.807) is 6.07 Å². The first-order valence-electron chi connectivity index (χ1n) is 5.77. The molecule has 0 bridgehead atoms. The monoisotopic (exact) mass is 252 g/mol. The van der Waals surface area contributed by atoms with Gasteiger partial charge < -0.3 is 5.11 Å². The summed E-state index contributed by atoms with van der Waals surface area (Å²) in [5.41, 5.74) is 0. The number of rotatable bonds is 0. The first-order chi connectivity index (χ1) is 9.16. The molecule has 2 aromatic rings. The Morgan fingerprint density at radius 3 is 1.79 bits per heavy atom. The Kier molecular flexibility index (Phi) is 3.88. The zero-order valence-electron chi connectivity index (χ0n) is 10.1. The van der Waals surface area contributed by atoms with Crippen LogP contribution < -0.4 is 0 Å². The van der Waals surface area contributed by atoms with Crippen molar-refractivity contribution in [3.63, 3.8) is 0 Å². The van der Waals surface area contributed by atoms with Gasteiger partial charge in [0.2, 0.25) is 0 Å². The van der Waals surface area contributed by atoms with Crippen molar-refractivity contribution in [1.29, 1.82) is 0 Å². The van der Waals surface area contributed by atoms with Crippen molar-refractivity contribution >= 4 is 22.3 Å². The van der Waals surface area contributed by atoms with Gasteiger partial charge in [0.25, 0.3) is 0 Å². The van der Waals surface area contributed by atoms with E-state index in [-0.39, 0.29) is 11.6 Å². The molecule has 1 aliphatic carbocycles. The summed E-state index contributed by atoms with van der Waals surface area (Å²) in [5, 5.41) is 11.4. The number of allylic oxidation sites excluding steroid dienone is 4. The lowest BCUT2D eigenvalue weighted by Crippen LogP contribution is -1.97. The Hall–Kier alpha value is -2.68. The minimum absolute atomic E-state index is 0.121. The second-order valence-electron chi connectivity index (χ2n) is 3.97. The third-order valence-corrected chi connectivity index (χ3v) is 2.59. The summed E-state index contributed by atoms with van der Waals surface area (Å²) in [6.45, 7) is 0. The van der Waals surface area contributed by atoms with Crippen LogP contribution in [0.4, 0.5) is 0 Å². The van der Waals surface area contributed by atoms with Gasteiger partial charge in [-0.2, -0.15) is 0 Å². The third kappa shape index (κ3) is 3.39. The van der Waals surface area contributed by atoms with E-state index in [2.05, 4.69) is 0 Å². The van der Waals surface area contributed by atoms with E-state index in [0.29, 0.717) is 5.75 Å². The summed E-state index contributed by atoms with van der Waals surface area (Å²) in [5.74, 6) is 0.109. The van der Waals surface area contributed by atoms with Crippen LogP contribution in [0.3, 0.4) is 0 Å². The number of aromatic hydroxyl groups is 1. The van der Waals surface area contributed by atoms with E-state index in [1.165, 1.54) is 24.3 Å². The number of hydrogen-bond donors (Lipinski definition) is 1. The summed E-state index contributed by atoms with van der Waals surface area (Å²) < 4.78 is 0. The van der Waals surface area contributed by atoms with Crippen molar-refractivity contribution in [1.82, 2.24) is 0 Å². The molecule has 0 aromatic heterocycles. The van der Waals surface area contributed by atoms with E-state index in [4.69, 9.17) is 0 Å². The van der Waals surface area contributed by atoms with Crippen molar-refractivity contribution in [2.24, 2.45) is 0 Å². The molecule has 3 rings (SSSR count). The molecule has 3 nitrogen and oxygen atoms in total. The summed E-state index contributed by atoms with van der Waals surface area (Å²) in [6, 6.07) is 13.3. The SMILES string of the molecule is O=C1C=CC(=O)C=C1.Oc1cccc2ccccc12. The number of phenols is 1. The van der Waals surface area contributed by atoms with Crippen LogP contribution in [0.15, 0.2) is 66.8 Å². The van der Waals surface area contributed by atoms with Gasteiger partial charge in [0.05, 0.1) is 0 Å². The normalized spacial score (nSPS) is 13.3. The van der Waals surface area contributed by atoms with Crippen LogP contribution in [0.25, 0.3) is 10.8 Å². The van der Waals surface area contributed by atoms with Gasteiger partial charge in [-0.25, -0.2) is 0 Å². The van der Waals surface area contributed by atoms with Crippen LogP contribution in [-0.2, 0) is 9.59 Å². The number of phenolic OH excluding ortho intramolecular Hbond substituents is 1. The lowest BCUT2D eigenvalue weighted by atomic mass is 10.1. The average Bonchev–Trinajstić information content (AvgIpc) is 2.44. The molecule has 3 heteroatoms. The molecule has 0 aliphatic heterocycles. The van der Waals surface area contributed by atoms with Crippen LogP contribution in [0, 0.1) is 0 Å².